The van der Waals surface area contributed by atoms with Gasteiger partial charge >= 0.3 is 0 Å². The van der Waals surface area contributed by atoms with Gasteiger partial charge in [-0.3, -0.25) is 4.79 Å². The fourth-order valence-corrected chi connectivity index (χ4v) is 1.12. The van der Waals surface area contributed by atoms with Crippen molar-refractivity contribution in [1.82, 2.24) is 15.5 Å². The van der Waals surface area contributed by atoms with Crippen LogP contribution in [0, 0.1) is 0 Å². The van der Waals surface area contributed by atoms with Crippen molar-refractivity contribution in [3.8, 4) is 0 Å². The molecule has 0 fully saturated rings. The molecule has 17 heavy (non-hydrogen) atoms. The van der Waals surface area contributed by atoms with E-state index in [0.29, 0.717) is 26.3 Å². The van der Waals surface area contributed by atoms with Crippen LogP contribution in [0.3, 0.4) is 0 Å². The molecular formula is C12H25N3O2. The van der Waals surface area contributed by atoms with Gasteiger partial charge in [-0.15, -0.1) is 6.58 Å². The van der Waals surface area contributed by atoms with Gasteiger partial charge in [0.05, 0.1) is 19.3 Å². The van der Waals surface area contributed by atoms with E-state index in [0.717, 1.165) is 6.54 Å². The molecule has 1 unspecified atom stereocenters. The van der Waals surface area contributed by atoms with E-state index in [4.69, 9.17) is 4.74 Å². The van der Waals surface area contributed by atoms with Gasteiger partial charge in [0.15, 0.2) is 0 Å². The number of nitrogens with zero attached hydrogens (tertiary/aromatic N) is 1. The zero-order valence-corrected chi connectivity index (χ0v) is 11.2. The zero-order valence-electron chi connectivity index (χ0n) is 11.2. The molecule has 2 N–H and O–H groups in total. The van der Waals surface area contributed by atoms with Crippen molar-refractivity contribution in [1.29, 1.82) is 0 Å². The summed E-state index contributed by atoms with van der Waals surface area (Å²) in [6, 6.07) is -0.201. The van der Waals surface area contributed by atoms with Gasteiger partial charge < -0.3 is 20.3 Å². The number of hydrogen-bond donors (Lipinski definition) is 2. The number of likely N-dealkylation sites (N-methyl/N-ethyl adjacent to an activating group) is 1. The van der Waals surface area contributed by atoms with Crippen LogP contribution in [-0.4, -0.2) is 63.8 Å². The molecule has 0 radical (unpaired) electrons. The zero-order chi connectivity index (χ0) is 13.1. The minimum Gasteiger partial charge on any atom is -0.379 e. The number of hydrogen-bond acceptors (Lipinski definition) is 4. The number of nitrogens with one attached hydrogen (secondary N) is 2. The van der Waals surface area contributed by atoms with Crippen LogP contribution < -0.4 is 10.6 Å². The van der Waals surface area contributed by atoms with Gasteiger partial charge in [-0.2, -0.15) is 0 Å². The highest BCUT2D eigenvalue weighted by Crippen LogP contribution is 1.83. The smallest absolute Gasteiger partial charge is 0.237 e. The van der Waals surface area contributed by atoms with E-state index < -0.39 is 0 Å². The SMILES string of the molecule is C=CCNC(=O)C(C)NCCOCCN(C)C. The van der Waals surface area contributed by atoms with Crippen LogP contribution in [-0.2, 0) is 9.53 Å². The molecule has 0 rings (SSSR count). The first kappa shape index (κ1) is 16.1. The monoisotopic (exact) mass is 243 g/mol. The quantitative estimate of drug-likeness (QED) is 0.414. The summed E-state index contributed by atoms with van der Waals surface area (Å²) in [4.78, 5) is 13.5. The maximum absolute atomic E-state index is 11.4. The lowest BCUT2D eigenvalue weighted by Crippen LogP contribution is -2.43. The Morgan fingerprint density at radius 3 is 2.76 bits per heavy atom. The van der Waals surface area contributed by atoms with Crippen molar-refractivity contribution in [2.45, 2.75) is 13.0 Å². The molecule has 0 aliphatic heterocycles. The Kier molecular flexibility index (Phi) is 9.71. The highest BCUT2D eigenvalue weighted by atomic mass is 16.5. The molecule has 5 nitrogen and oxygen atoms in total. The lowest BCUT2D eigenvalue weighted by molar-refractivity contribution is -0.122. The summed E-state index contributed by atoms with van der Waals surface area (Å²) in [6.45, 7) is 8.80. The molecule has 0 saturated heterocycles. The Morgan fingerprint density at radius 2 is 2.18 bits per heavy atom. The first-order chi connectivity index (χ1) is 8.07. The van der Waals surface area contributed by atoms with Crippen molar-refractivity contribution >= 4 is 5.91 Å². The second-order valence-corrected chi connectivity index (χ2v) is 4.13. The van der Waals surface area contributed by atoms with Gasteiger partial charge in [-0.05, 0) is 21.0 Å². The Bertz CT molecular complexity index is 220. The van der Waals surface area contributed by atoms with Crippen LogP contribution in [0.4, 0.5) is 0 Å². The molecule has 0 aromatic rings. The van der Waals surface area contributed by atoms with Gasteiger partial charge in [0.2, 0.25) is 5.91 Å². The van der Waals surface area contributed by atoms with Gasteiger partial charge in [0.25, 0.3) is 0 Å². The molecule has 0 heterocycles. The molecular weight excluding hydrogens is 218 g/mol. The summed E-state index contributed by atoms with van der Waals surface area (Å²) in [6.07, 6.45) is 1.66. The average molecular weight is 243 g/mol. The maximum Gasteiger partial charge on any atom is 0.237 e. The Balaban J connectivity index is 3.41. The van der Waals surface area contributed by atoms with Crippen molar-refractivity contribution < 1.29 is 9.53 Å². The summed E-state index contributed by atoms with van der Waals surface area (Å²) < 4.78 is 5.40. The average Bonchev–Trinajstić information content (AvgIpc) is 2.29. The lowest BCUT2D eigenvalue weighted by atomic mass is 10.3. The van der Waals surface area contributed by atoms with E-state index in [2.05, 4.69) is 22.1 Å². The molecule has 0 aromatic carbocycles. The minimum absolute atomic E-state index is 0.0156. The Morgan fingerprint density at radius 1 is 1.47 bits per heavy atom. The van der Waals surface area contributed by atoms with Crippen LogP contribution in [0.25, 0.3) is 0 Å². The van der Waals surface area contributed by atoms with Crippen molar-refractivity contribution in [2.24, 2.45) is 0 Å². The third-order valence-corrected chi connectivity index (χ3v) is 2.19. The van der Waals surface area contributed by atoms with Gasteiger partial charge in [-0.1, -0.05) is 6.08 Å². The molecule has 0 aromatic heterocycles. The largest absolute Gasteiger partial charge is 0.379 e. The molecule has 100 valence electrons. The Hall–Kier alpha value is -0.910. The number of carbonyl (C=O) groups is 1. The molecule has 0 saturated carbocycles. The molecule has 0 aliphatic rings. The molecule has 1 amide bonds. The highest BCUT2D eigenvalue weighted by Gasteiger charge is 2.09. The fourth-order valence-electron chi connectivity index (χ4n) is 1.12. The van der Waals surface area contributed by atoms with Crippen LogP contribution >= 0.6 is 0 Å². The maximum atomic E-state index is 11.4. The van der Waals surface area contributed by atoms with Crippen molar-refractivity contribution in [3.05, 3.63) is 12.7 Å². The highest BCUT2D eigenvalue weighted by molar-refractivity contribution is 5.81. The normalized spacial score (nSPS) is 12.5. The van der Waals surface area contributed by atoms with E-state index in [-0.39, 0.29) is 11.9 Å². The predicted octanol–water partition coefficient (Wildman–Crippen LogP) is -0.155. The summed E-state index contributed by atoms with van der Waals surface area (Å²) >= 11 is 0. The van der Waals surface area contributed by atoms with Crippen LogP contribution in [0.2, 0.25) is 0 Å². The lowest BCUT2D eigenvalue weighted by Gasteiger charge is -2.14. The molecule has 5 heteroatoms. The fraction of sp³-hybridized carbons (Fsp3) is 0.750. The number of ether oxygens (including phenoxy) is 1. The topological polar surface area (TPSA) is 53.6 Å². The predicted molar refractivity (Wildman–Crippen MR) is 70.0 cm³/mol. The summed E-state index contributed by atoms with van der Waals surface area (Å²) in [5, 5.41) is 5.83. The van der Waals surface area contributed by atoms with Crippen LogP contribution in [0.5, 0.6) is 0 Å². The van der Waals surface area contributed by atoms with E-state index in [1.54, 1.807) is 6.08 Å². The van der Waals surface area contributed by atoms with Crippen molar-refractivity contribution in [2.75, 3.05) is 46.9 Å². The Labute approximate surface area is 104 Å². The minimum atomic E-state index is -0.201. The van der Waals surface area contributed by atoms with E-state index in [9.17, 15) is 4.79 Å². The standard InChI is InChI=1S/C12H25N3O2/c1-5-6-14-12(16)11(2)13-7-9-17-10-8-15(3)4/h5,11,13H,1,6-10H2,2-4H3,(H,14,16). The van der Waals surface area contributed by atoms with Crippen LogP contribution in [0.15, 0.2) is 12.7 Å². The van der Waals surface area contributed by atoms with Crippen LogP contribution in [0.1, 0.15) is 6.92 Å². The summed E-state index contributed by atoms with van der Waals surface area (Å²) in [5.41, 5.74) is 0. The first-order valence-electron chi connectivity index (χ1n) is 5.92. The molecule has 0 bridgehead atoms. The van der Waals surface area contributed by atoms with Gasteiger partial charge in [0, 0.05) is 19.6 Å². The second-order valence-electron chi connectivity index (χ2n) is 4.13. The van der Waals surface area contributed by atoms with E-state index >= 15 is 0 Å². The molecule has 1 atom stereocenters. The van der Waals surface area contributed by atoms with Gasteiger partial charge in [0.1, 0.15) is 0 Å². The first-order valence-corrected chi connectivity index (χ1v) is 5.92. The summed E-state index contributed by atoms with van der Waals surface area (Å²) in [5.74, 6) is -0.0156. The number of carbonyl (C=O) groups excluding carboxylic acids is 1. The number of rotatable bonds is 10. The van der Waals surface area contributed by atoms with E-state index in [1.165, 1.54) is 0 Å². The third-order valence-electron chi connectivity index (χ3n) is 2.19. The van der Waals surface area contributed by atoms with Gasteiger partial charge in [-0.25, -0.2) is 0 Å². The second kappa shape index (κ2) is 10.3. The van der Waals surface area contributed by atoms with E-state index in [1.807, 2.05) is 21.0 Å². The number of amides is 1. The molecule has 0 spiro atoms. The molecule has 0 aliphatic carbocycles. The summed E-state index contributed by atoms with van der Waals surface area (Å²) in [7, 11) is 4.02. The third kappa shape index (κ3) is 9.99. The van der Waals surface area contributed by atoms with Crippen molar-refractivity contribution in [3.63, 3.8) is 0 Å².